The fraction of sp³-hybridized carbons (Fsp3) is 0.389. The summed E-state index contributed by atoms with van der Waals surface area (Å²) >= 11 is 0. The third-order valence-corrected chi connectivity index (χ3v) is 8.64. The van der Waals surface area contributed by atoms with Crippen molar-refractivity contribution in [3.05, 3.63) is 84.1 Å². The Morgan fingerprint density at radius 3 is 2.46 bits per heavy atom. The van der Waals surface area contributed by atoms with Crippen molar-refractivity contribution in [1.82, 2.24) is 14.8 Å². The Morgan fingerprint density at radius 2 is 1.72 bits per heavy atom. The highest BCUT2D eigenvalue weighted by Gasteiger charge is 2.42. The lowest BCUT2D eigenvalue weighted by Gasteiger charge is -2.38. The summed E-state index contributed by atoms with van der Waals surface area (Å²) in [5.74, 6) is 1.61. The lowest BCUT2D eigenvalue weighted by molar-refractivity contribution is -0.136. The molecule has 2 heterocycles. The Labute approximate surface area is 269 Å². The fourth-order valence-electron chi connectivity index (χ4n) is 6.22. The van der Waals surface area contributed by atoms with Gasteiger partial charge in [0.05, 0.1) is 26.5 Å². The minimum atomic E-state index is -0.710. The lowest BCUT2D eigenvalue weighted by Crippen LogP contribution is -2.61. The molecule has 1 unspecified atom stereocenters. The van der Waals surface area contributed by atoms with E-state index >= 15 is 0 Å². The molecule has 0 spiro atoms. The summed E-state index contributed by atoms with van der Waals surface area (Å²) in [5.41, 5.74) is 3.68. The van der Waals surface area contributed by atoms with Crippen LogP contribution in [-0.4, -0.2) is 74.4 Å². The third-order valence-electron chi connectivity index (χ3n) is 8.64. The van der Waals surface area contributed by atoms with Crippen molar-refractivity contribution in [2.75, 3.05) is 45.9 Å². The molecular formula is C36H42N4O6. The van der Waals surface area contributed by atoms with Crippen LogP contribution in [0.25, 0.3) is 10.9 Å². The number of fused-ring (bicyclic) bond motifs is 1. The molecule has 1 N–H and O–H groups in total. The molecule has 2 amide bonds. The van der Waals surface area contributed by atoms with Gasteiger partial charge in [-0.25, -0.2) is 0 Å². The zero-order valence-electron chi connectivity index (χ0n) is 26.7. The number of benzene rings is 3. The van der Waals surface area contributed by atoms with Crippen molar-refractivity contribution in [1.29, 1.82) is 0 Å². The molecular weight excluding hydrogens is 584 g/mol. The zero-order chi connectivity index (χ0) is 32.0. The average Bonchev–Trinajstić information content (AvgIpc) is 3.88. The summed E-state index contributed by atoms with van der Waals surface area (Å²) in [7, 11) is 4.93. The van der Waals surface area contributed by atoms with Gasteiger partial charge in [0, 0.05) is 62.6 Å². The smallest absolute Gasteiger partial charge is 0.247 e. The van der Waals surface area contributed by atoms with E-state index in [0.29, 0.717) is 42.6 Å². The first-order valence-electron chi connectivity index (χ1n) is 15.8. The van der Waals surface area contributed by atoms with Crippen molar-refractivity contribution >= 4 is 28.4 Å². The fourth-order valence-corrected chi connectivity index (χ4v) is 6.22. The molecule has 242 valence electrons. The van der Waals surface area contributed by atoms with E-state index < -0.39 is 6.04 Å². The standard InChI is InChI=1S/C36H42N4O6/c1-43-16-8-15-38-22-26(30-9-4-5-10-31(30)38)23-39(27-13-14-27)36(42)33-20-37-21-35(41)40(33)32-11-6-7-12-34(32)46-24-25-17-28(44-2)19-29(18-25)45-3/h4-7,9-12,17-19,22,27,33,37H,8,13-16,20-21,23-24H2,1-3H3. The molecule has 1 aromatic heterocycles. The van der Waals surface area contributed by atoms with Crippen molar-refractivity contribution in [2.24, 2.45) is 0 Å². The van der Waals surface area contributed by atoms with Gasteiger partial charge in [0.1, 0.15) is 29.9 Å². The predicted octanol–water partition coefficient (Wildman–Crippen LogP) is 4.77. The maximum atomic E-state index is 14.5. The SMILES string of the molecule is COCCCn1cc(CN(C(=O)C2CNCC(=O)N2c2ccccc2OCc2cc(OC)cc(OC)c2)C2CC2)c2ccccc21. The summed E-state index contributed by atoms with van der Waals surface area (Å²) in [6.45, 7) is 2.73. The van der Waals surface area contributed by atoms with Crippen LogP contribution in [0.2, 0.25) is 0 Å². The highest BCUT2D eigenvalue weighted by Crippen LogP contribution is 2.36. The van der Waals surface area contributed by atoms with Crippen molar-refractivity contribution in [2.45, 2.75) is 51.0 Å². The summed E-state index contributed by atoms with van der Waals surface area (Å²) in [6, 6.07) is 20.8. The highest BCUT2D eigenvalue weighted by molar-refractivity contribution is 6.04. The second-order valence-corrected chi connectivity index (χ2v) is 11.8. The molecule has 6 rings (SSSR count). The van der Waals surface area contributed by atoms with Gasteiger partial charge in [0.25, 0.3) is 0 Å². The topological polar surface area (TPSA) is 94.5 Å². The molecule has 3 aromatic carbocycles. The number of amides is 2. The van der Waals surface area contributed by atoms with Crippen molar-refractivity contribution in [3.63, 3.8) is 0 Å². The van der Waals surface area contributed by atoms with Crippen LogP contribution in [0, 0.1) is 0 Å². The van der Waals surface area contributed by atoms with Crippen LogP contribution in [0.1, 0.15) is 30.4 Å². The Morgan fingerprint density at radius 1 is 0.978 bits per heavy atom. The van der Waals surface area contributed by atoms with Gasteiger partial charge in [-0.05, 0) is 60.7 Å². The number of anilines is 1. The van der Waals surface area contributed by atoms with Crippen molar-refractivity contribution in [3.8, 4) is 17.2 Å². The second kappa shape index (κ2) is 14.3. The van der Waals surface area contributed by atoms with E-state index in [1.165, 1.54) is 0 Å². The van der Waals surface area contributed by atoms with Gasteiger partial charge >= 0.3 is 0 Å². The minimum Gasteiger partial charge on any atom is -0.497 e. The number of methoxy groups -OCH3 is 3. The number of hydrogen-bond acceptors (Lipinski definition) is 7. The quantitative estimate of drug-likeness (QED) is 0.202. The normalized spacial score (nSPS) is 16.5. The van der Waals surface area contributed by atoms with Gasteiger partial charge in [-0.15, -0.1) is 0 Å². The van der Waals surface area contributed by atoms with Gasteiger partial charge in [-0.2, -0.15) is 0 Å². The Hall–Kier alpha value is -4.54. The molecule has 1 saturated carbocycles. The van der Waals surface area contributed by atoms with Crippen LogP contribution in [0.4, 0.5) is 5.69 Å². The van der Waals surface area contributed by atoms with E-state index in [1.54, 1.807) is 32.3 Å². The monoisotopic (exact) mass is 626 g/mol. The molecule has 1 saturated heterocycles. The number of carbonyl (C=O) groups is 2. The Kier molecular flexibility index (Phi) is 9.75. The minimum absolute atomic E-state index is 0.0633. The number of ether oxygens (including phenoxy) is 4. The van der Waals surface area contributed by atoms with Crippen LogP contribution in [0.15, 0.2) is 72.9 Å². The molecule has 2 aliphatic rings. The van der Waals surface area contributed by atoms with E-state index in [-0.39, 0.29) is 31.0 Å². The van der Waals surface area contributed by atoms with Gasteiger partial charge < -0.3 is 33.7 Å². The Balaban J connectivity index is 1.26. The number of para-hydroxylation sites is 3. The van der Waals surface area contributed by atoms with Crippen molar-refractivity contribution < 1.29 is 28.5 Å². The van der Waals surface area contributed by atoms with Crippen LogP contribution in [0.5, 0.6) is 17.2 Å². The summed E-state index contributed by atoms with van der Waals surface area (Å²) < 4.78 is 24.7. The van der Waals surface area contributed by atoms with E-state index in [9.17, 15) is 9.59 Å². The maximum Gasteiger partial charge on any atom is 0.247 e. The maximum absolute atomic E-state index is 14.5. The molecule has 10 heteroatoms. The number of aryl methyl sites for hydroxylation is 1. The predicted molar refractivity (Wildman–Crippen MR) is 176 cm³/mol. The third kappa shape index (κ3) is 6.83. The molecule has 10 nitrogen and oxygen atoms in total. The van der Waals surface area contributed by atoms with Crippen LogP contribution >= 0.6 is 0 Å². The number of nitrogens with one attached hydrogen (secondary N) is 1. The number of nitrogens with zero attached hydrogens (tertiary/aromatic N) is 3. The van der Waals surface area contributed by atoms with Gasteiger partial charge in [0.2, 0.25) is 11.8 Å². The molecule has 1 aliphatic heterocycles. The lowest BCUT2D eigenvalue weighted by atomic mass is 10.1. The first kappa shape index (κ1) is 31.4. The highest BCUT2D eigenvalue weighted by atomic mass is 16.5. The van der Waals surface area contributed by atoms with Crippen LogP contribution in [0.3, 0.4) is 0 Å². The van der Waals surface area contributed by atoms with Crippen LogP contribution < -0.4 is 24.4 Å². The van der Waals surface area contributed by atoms with Gasteiger partial charge in [-0.1, -0.05) is 30.3 Å². The van der Waals surface area contributed by atoms with Crippen LogP contribution in [-0.2, 0) is 34.0 Å². The number of hydrogen-bond donors (Lipinski definition) is 1. The Bertz CT molecular complexity index is 1660. The molecule has 0 bridgehead atoms. The van der Waals surface area contributed by atoms with E-state index in [1.807, 2.05) is 53.4 Å². The summed E-state index contributed by atoms with van der Waals surface area (Å²) in [4.78, 5) is 31.7. The average molecular weight is 627 g/mol. The largest absolute Gasteiger partial charge is 0.497 e. The van der Waals surface area contributed by atoms with E-state index in [4.69, 9.17) is 18.9 Å². The molecule has 4 aromatic rings. The molecule has 2 fully saturated rings. The molecule has 46 heavy (non-hydrogen) atoms. The first-order valence-corrected chi connectivity index (χ1v) is 15.8. The molecule has 1 atom stereocenters. The molecule has 1 aliphatic carbocycles. The zero-order valence-corrected chi connectivity index (χ0v) is 26.7. The van der Waals surface area contributed by atoms with E-state index in [0.717, 1.165) is 47.8 Å². The number of rotatable bonds is 14. The van der Waals surface area contributed by atoms with Gasteiger partial charge in [-0.3, -0.25) is 14.5 Å². The summed E-state index contributed by atoms with van der Waals surface area (Å²) in [5, 5.41) is 4.32. The number of aromatic nitrogens is 1. The molecule has 0 radical (unpaired) electrons. The van der Waals surface area contributed by atoms with Gasteiger partial charge in [0.15, 0.2) is 0 Å². The number of carbonyl (C=O) groups excluding carboxylic acids is 2. The van der Waals surface area contributed by atoms with E-state index in [2.05, 4.69) is 28.2 Å². The second-order valence-electron chi connectivity index (χ2n) is 11.8. The number of piperazine rings is 1. The first-order chi connectivity index (χ1) is 22.5. The summed E-state index contributed by atoms with van der Waals surface area (Å²) in [6.07, 6.45) is 4.98.